The maximum Gasteiger partial charge on any atom is 0.335 e. The molecule has 2 N–H and O–H groups in total. The smallest absolute Gasteiger partial charge is 0.335 e. The van der Waals surface area contributed by atoms with Crippen LogP contribution in [0.3, 0.4) is 0 Å². The van der Waals surface area contributed by atoms with E-state index < -0.39 is 0 Å². The first-order valence-corrected chi connectivity index (χ1v) is 13.0. The van der Waals surface area contributed by atoms with E-state index in [1.807, 2.05) is 35.2 Å². The van der Waals surface area contributed by atoms with Gasteiger partial charge in [0.2, 0.25) is 5.91 Å². The molecule has 2 amide bonds. The molecule has 1 saturated heterocycles. The van der Waals surface area contributed by atoms with Crippen LogP contribution in [0.25, 0.3) is 16.9 Å². The molecule has 2 aliphatic rings. The fourth-order valence-electron chi connectivity index (χ4n) is 6.14. The third-order valence-corrected chi connectivity index (χ3v) is 8.08. The average Bonchev–Trinajstić information content (AvgIpc) is 3.62. The number of hydrogen-bond donors (Lipinski definition) is 1. The second kappa shape index (κ2) is 9.54. The number of benzene rings is 2. The van der Waals surface area contributed by atoms with Gasteiger partial charge in [-0.15, -0.1) is 0 Å². The summed E-state index contributed by atoms with van der Waals surface area (Å²) in [6, 6.07) is 16.2. The van der Waals surface area contributed by atoms with Gasteiger partial charge in [-0.1, -0.05) is 24.8 Å². The molecule has 2 fully saturated rings. The van der Waals surface area contributed by atoms with Gasteiger partial charge >= 0.3 is 5.69 Å². The first-order valence-electron chi connectivity index (χ1n) is 13.0. The molecule has 2 unspecified atom stereocenters. The molecule has 2 aromatic heterocycles. The van der Waals surface area contributed by atoms with E-state index in [1.54, 1.807) is 40.8 Å². The van der Waals surface area contributed by atoms with Gasteiger partial charge in [0, 0.05) is 37.4 Å². The number of carbonyl (C=O) groups excluding carboxylic acids is 2. The van der Waals surface area contributed by atoms with Crippen molar-refractivity contribution in [2.24, 2.45) is 11.8 Å². The Bertz CT molecular complexity index is 1630. The quantitative estimate of drug-likeness (QED) is 0.402. The Morgan fingerprint density at radius 2 is 1.69 bits per heavy atom. The van der Waals surface area contributed by atoms with E-state index in [9.17, 15) is 14.4 Å². The van der Waals surface area contributed by atoms with Crippen molar-refractivity contribution in [1.29, 1.82) is 0 Å². The summed E-state index contributed by atoms with van der Waals surface area (Å²) in [6.45, 7) is 4.94. The van der Waals surface area contributed by atoms with E-state index >= 15 is 0 Å². The number of para-hydroxylation sites is 1. The molecule has 4 aromatic rings. The number of carbonyl (C=O) groups is 2. The van der Waals surface area contributed by atoms with E-state index in [4.69, 9.17) is 5.73 Å². The van der Waals surface area contributed by atoms with Crippen molar-refractivity contribution < 1.29 is 9.59 Å². The lowest BCUT2D eigenvalue weighted by atomic mass is 10.0. The van der Waals surface area contributed by atoms with Crippen molar-refractivity contribution in [2.45, 2.75) is 18.9 Å². The third kappa shape index (κ3) is 4.08. The molecule has 10 heteroatoms. The van der Waals surface area contributed by atoms with E-state index in [0.29, 0.717) is 47.3 Å². The second-order valence-corrected chi connectivity index (χ2v) is 10.3. The first-order chi connectivity index (χ1) is 18.9. The Labute approximate surface area is 225 Å². The van der Waals surface area contributed by atoms with Crippen molar-refractivity contribution in [3.8, 4) is 5.69 Å². The summed E-state index contributed by atoms with van der Waals surface area (Å²) in [5.74, 6) is 0.630. The molecule has 2 atom stereocenters. The van der Waals surface area contributed by atoms with Gasteiger partial charge in [0.05, 0.1) is 5.69 Å². The highest BCUT2D eigenvalue weighted by Crippen LogP contribution is 2.44. The van der Waals surface area contributed by atoms with Crippen LogP contribution in [-0.4, -0.2) is 56.0 Å². The van der Waals surface area contributed by atoms with Crippen LogP contribution in [0.2, 0.25) is 0 Å². The van der Waals surface area contributed by atoms with Gasteiger partial charge in [-0.25, -0.2) is 14.8 Å². The van der Waals surface area contributed by atoms with Crippen LogP contribution in [0.5, 0.6) is 0 Å². The monoisotopic (exact) mass is 523 g/mol. The Hall–Kier alpha value is -4.73. The molecule has 0 spiro atoms. The molecule has 3 heterocycles. The molecule has 1 saturated carbocycles. The van der Waals surface area contributed by atoms with Crippen LogP contribution in [-0.2, 0) is 4.79 Å². The number of nitrogen functional groups attached to an aromatic ring is 1. The van der Waals surface area contributed by atoms with Gasteiger partial charge in [-0.05, 0) is 67.2 Å². The van der Waals surface area contributed by atoms with Gasteiger partial charge in [-0.2, -0.15) is 0 Å². The van der Waals surface area contributed by atoms with Gasteiger partial charge in [0.1, 0.15) is 11.8 Å². The minimum absolute atomic E-state index is 0.0490. The fraction of sp³-hybridized carbons (Fsp3) is 0.276. The van der Waals surface area contributed by atoms with Crippen molar-refractivity contribution in [3.63, 3.8) is 0 Å². The first kappa shape index (κ1) is 24.6. The minimum Gasteiger partial charge on any atom is -0.382 e. The number of imidazole rings is 1. The topological polar surface area (TPSA) is 119 Å². The lowest BCUT2D eigenvalue weighted by Crippen LogP contribution is -2.30. The van der Waals surface area contributed by atoms with Crippen LogP contribution in [0.1, 0.15) is 29.2 Å². The summed E-state index contributed by atoms with van der Waals surface area (Å²) in [7, 11) is 1.73. The highest BCUT2D eigenvalue weighted by molar-refractivity contribution is 6.05. The zero-order chi connectivity index (χ0) is 27.3. The Balaban J connectivity index is 1.33. The lowest BCUT2D eigenvalue weighted by Gasteiger charge is -2.18. The van der Waals surface area contributed by atoms with Gasteiger partial charge < -0.3 is 15.5 Å². The molecule has 1 aliphatic carbocycles. The number of hydrogen-bond acceptors (Lipinski definition) is 6. The van der Waals surface area contributed by atoms with Crippen LogP contribution in [0.15, 0.2) is 78.4 Å². The third-order valence-electron chi connectivity index (χ3n) is 8.08. The number of fused-ring (bicyclic) bond motifs is 2. The summed E-state index contributed by atoms with van der Waals surface area (Å²) >= 11 is 0. The van der Waals surface area contributed by atoms with E-state index in [1.165, 1.54) is 17.0 Å². The normalized spacial score (nSPS) is 20.2. The number of amides is 2. The van der Waals surface area contributed by atoms with Crippen molar-refractivity contribution >= 4 is 34.5 Å². The number of rotatable bonds is 5. The Morgan fingerprint density at radius 1 is 1.03 bits per heavy atom. The fourth-order valence-corrected chi connectivity index (χ4v) is 6.14. The van der Waals surface area contributed by atoms with Crippen molar-refractivity contribution in [3.05, 3.63) is 89.6 Å². The average molecular weight is 524 g/mol. The molecule has 0 bridgehead atoms. The Kier molecular flexibility index (Phi) is 6.02. The zero-order valence-corrected chi connectivity index (χ0v) is 21.6. The van der Waals surface area contributed by atoms with Crippen LogP contribution >= 0.6 is 0 Å². The molecule has 0 radical (unpaired) electrons. The molecule has 1 aliphatic heterocycles. The zero-order valence-electron chi connectivity index (χ0n) is 21.6. The van der Waals surface area contributed by atoms with Gasteiger partial charge in [-0.3, -0.25) is 18.7 Å². The molecular weight excluding hydrogens is 494 g/mol. The summed E-state index contributed by atoms with van der Waals surface area (Å²) in [5, 5.41) is 0. The van der Waals surface area contributed by atoms with Crippen molar-refractivity contribution in [1.82, 2.24) is 24.0 Å². The predicted molar refractivity (Wildman–Crippen MR) is 149 cm³/mol. The molecule has 6 rings (SSSR count). The van der Waals surface area contributed by atoms with Crippen LogP contribution in [0.4, 0.5) is 11.5 Å². The van der Waals surface area contributed by atoms with Crippen LogP contribution in [0, 0.1) is 11.8 Å². The number of nitrogens with zero attached hydrogens (tertiary/aromatic N) is 6. The number of anilines is 2. The summed E-state index contributed by atoms with van der Waals surface area (Å²) in [6.07, 6.45) is 4.27. The predicted octanol–water partition coefficient (Wildman–Crippen LogP) is 3.04. The van der Waals surface area contributed by atoms with Gasteiger partial charge in [0.25, 0.3) is 5.91 Å². The van der Waals surface area contributed by atoms with E-state index in [-0.39, 0.29) is 29.4 Å². The number of likely N-dealkylation sites (tertiary alicyclic amines) is 1. The summed E-state index contributed by atoms with van der Waals surface area (Å²) in [5.41, 5.74) is 8.82. The molecule has 10 nitrogen and oxygen atoms in total. The lowest BCUT2D eigenvalue weighted by molar-refractivity contribution is -0.125. The molecule has 2 aromatic carbocycles. The van der Waals surface area contributed by atoms with E-state index in [2.05, 4.69) is 16.5 Å². The highest BCUT2D eigenvalue weighted by Gasteiger charge is 2.43. The minimum atomic E-state index is -0.248. The SMILES string of the molecule is C=CC(=O)N1CC2CC(n3c(=O)n(-c4ccc(C(=O)N(C)c5ccccc5)cc4)c4c(N)ncnc43)CC2C1. The highest BCUT2D eigenvalue weighted by atomic mass is 16.2. The number of nitrogens with two attached hydrogens (primary N) is 1. The second-order valence-electron chi connectivity index (χ2n) is 10.3. The van der Waals surface area contributed by atoms with Gasteiger partial charge in [0.15, 0.2) is 11.5 Å². The Morgan fingerprint density at radius 3 is 2.33 bits per heavy atom. The molecule has 198 valence electrons. The largest absolute Gasteiger partial charge is 0.382 e. The van der Waals surface area contributed by atoms with Crippen LogP contribution < -0.4 is 16.3 Å². The van der Waals surface area contributed by atoms with Crippen molar-refractivity contribution in [2.75, 3.05) is 30.8 Å². The summed E-state index contributed by atoms with van der Waals surface area (Å²) < 4.78 is 3.26. The standard InChI is InChI=1S/C29H29N7O3/c1-3-24(37)34-15-19-13-23(14-20(19)16-34)36-27-25(26(30)31-17-32-27)35(29(36)39)22-11-9-18(10-12-22)28(38)33(2)21-7-5-4-6-8-21/h3-12,17,19-20,23H,1,13-16H2,2H3,(H2,30,31,32). The number of aromatic nitrogens is 4. The van der Waals surface area contributed by atoms with E-state index in [0.717, 1.165) is 18.5 Å². The maximum atomic E-state index is 13.9. The molecular formula is C29H29N7O3. The maximum absolute atomic E-state index is 13.9. The summed E-state index contributed by atoms with van der Waals surface area (Å²) in [4.78, 5) is 51.1. The molecule has 39 heavy (non-hydrogen) atoms.